The summed E-state index contributed by atoms with van der Waals surface area (Å²) >= 11 is 0. The van der Waals surface area contributed by atoms with Gasteiger partial charge in [0, 0.05) is 6.54 Å². The predicted octanol–water partition coefficient (Wildman–Crippen LogP) is -2.65. The summed E-state index contributed by atoms with van der Waals surface area (Å²) in [5, 5.41) is 48.4. The first-order chi connectivity index (χ1) is 40.5. The topological polar surface area (TPSA) is 450 Å². The van der Waals surface area contributed by atoms with E-state index in [9.17, 15) is 72.5 Å². The Kier molecular flexibility index (Phi) is 33.7. The first kappa shape index (κ1) is 78.0. The number of carbonyl (C=O) groups excluding carboxylic acids is 12. The summed E-state index contributed by atoms with van der Waals surface area (Å²) in [6.45, 7) is 24.9. The van der Waals surface area contributed by atoms with Crippen LogP contribution in [-0.2, 0) is 62.3 Å². The molecule has 1 rings (SSSR count). The number of aliphatic hydroxyl groups is 1. The first-order valence-electron chi connectivity index (χ1n) is 30.3. The molecule has 496 valence electrons. The molecule has 0 aromatic rings. The minimum Gasteiger partial charge on any atom is -0.480 e. The lowest BCUT2D eigenvalue weighted by Gasteiger charge is -2.33. The number of carbonyl (C=O) groups is 13. The van der Waals surface area contributed by atoms with E-state index in [1.807, 2.05) is 0 Å². The number of rotatable bonds is 37. The van der Waals surface area contributed by atoms with Crippen LogP contribution in [0.25, 0.3) is 0 Å². The van der Waals surface area contributed by atoms with Crippen LogP contribution in [-0.4, -0.2) is 191 Å². The Morgan fingerprint density at radius 3 is 1.20 bits per heavy atom. The molecule has 0 spiro atoms. The molecule has 0 aromatic carbocycles. The lowest BCUT2D eigenvalue weighted by molar-refractivity contribution is -0.144. The third-order valence-electron chi connectivity index (χ3n) is 14.8. The zero-order valence-corrected chi connectivity index (χ0v) is 53.8. The van der Waals surface area contributed by atoms with Crippen molar-refractivity contribution in [3.8, 4) is 0 Å². The van der Waals surface area contributed by atoms with Gasteiger partial charge in [-0.25, -0.2) is 4.79 Å². The predicted molar refractivity (Wildman–Crippen MR) is 322 cm³/mol. The van der Waals surface area contributed by atoms with Gasteiger partial charge in [0.05, 0.1) is 19.7 Å². The molecule has 29 nitrogen and oxygen atoms in total. The summed E-state index contributed by atoms with van der Waals surface area (Å²) in [5.74, 6) is -14.3. The molecule has 0 bridgehead atoms. The number of amides is 12. The molecule has 1 heterocycles. The van der Waals surface area contributed by atoms with Crippen LogP contribution in [0.4, 0.5) is 0 Å². The Bertz CT molecular complexity index is 2370. The summed E-state index contributed by atoms with van der Waals surface area (Å²) in [6.07, 6.45) is 1.67. The van der Waals surface area contributed by atoms with Gasteiger partial charge in [-0.1, -0.05) is 111 Å². The highest BCUT2D eigenvalue weighted by molar-refractivity contribution is 5.99. The largest absolute Gasteiger partial charge is 0.480 e. The van der Waals surface area contributed by atoms with Crippen molar-refractivity contribution < 1.29 is 72.5 Å². The van der Waals surface area contributed by atoms with Crippen LogP contribution < -0.4 is 70.0 Å². The quantitative estimate of drug-likeness (QED) is 0.0283. The molecule has 1 aliphatic rings. The molecular formula is C58H104N14O15. The second-order valence-electron chi connectivity index (χ2n) is 25.0. The van der Waals surface area contributed by atoms with Crippen molar-refractivity contribution in [2.24, 2.45) is 58.8 Å². The van der Waals surface area contributed by atoms with Gasteiger partial charge < -0.3 is 85.1 Å². The number of hydrogen-bond donors (Lipinski definition) is 15. The number of hydrogen-bond acceptors (Lipinski definition) is 16. The number of likely N-dealkylation sites (tertiary alicyclic amines) is 1. The fourth-order valence-corrected chi connectivity index (χ4v) is 9.42. The molecule has 12 amide bonds. The zero-order valence-electron chi connectivity index (χ0n) is 53.8. The molecule has 0 radical (unpaired) electrons. The van der Waals surface area contributed by atoms with E-state index in [1.165, 1.54) is 4.90 Å². The number of nitrogens with zero attached hydrogens (tertiary/aromatic N) is 1. The average Bonchev–Trinajstić information content (AvgIpc) is 4.13. The molecule has 1 saturated heterocycles. The van der Waals surface area contributed by atoms with Gasteiger partial charge in [-0.3, -0.25) is 57.5 Å². The van der Waals surface area contributed by atoms with Gasteiger partial charge in [0.15, 0.2) is 0 Å². The fourth-order valence-electron chi connectivity index (χ4n) is 9.42. The number of aliphatic hydroxyl groups excluding tert-OH is 1. The summed E-state index contributed by atoms with van der Waals surface area (Å²) in [7, 11) is 0. The summed E-state index contributed by atoms with van der Waals surface area (Å²) in [5.41, 5.74) is 11.1. The van der Waals surface area contributed by atoms with Crippen LogP contribution in [0.2, 0.25) is 0 Å². The van der Waals surface area contributed by atoms with Crippen molar-refractivity contribution in [2.45, 2.75) is 209 Å². The average molecular weight is 1240 g/mol. The van der Waals surface area contributed by atoms with E-state index in [4.69, 9.17) is 11.5 Å². The first-order valence-corrected chi connectivity index (χ1v) is 30.3. The van der Waals surface area contributed by atoms with Crippen LogP contribution in [0.15, 0.2) is 0 Å². The number of carboxylic acid groups (broad SMARTS) is 1. The van der Waals surface area contributed by atoms with Crippen LogP contribution >= 0.6 is 0 Å². The van der Waals surface area contributed by atoms with Gasteiger partial charge in [-0.05, 0) is 86.0 Å². The third-order valence-corrected chi connectivity index (χ3v) is 14.8. The van der Waals surface area contributed by atoms with E-state index >= 15 is 0 Å². The fraction of sp³-hybridized carbons (Fsp3) is 0.776. The highest BCUT2D eigenvalue weighted by atomic mass is 16.4. The monoisotopic (exact) mass is 1240 g/mol. The van der Waals surface area contributed by atoms with Crippen LogP contribution in [0, 0.1) is 47.3 Å². The van der Waals surface area contributed by atoms with Crippen molar-refractivity contribution in [2.75, 3.05) is 32.8 Å². The third kappa shape index (κ3) is 24.9. The lowest BCUT2D eigenvalue weighted by atomic mass is 9.98. The standard InChI is InChI=1S/C58H104N14O15/c1-27(2)40(51(79)61-25-39(75)62-35(20-17-18-22-59)48(76)65-44(31(9)10)56(84)71-47(34(15)16)58(86)87)68-54(82)43(30(7)8)66-49(77)36(26-73)63-52(80)42(29(5)6)69-55(83)45(32(11)12)67-50(78)37-21-19-23-72(37)57(85)46(33(13)14)70-53(81)41(28(3)4)64-38(74)24-60/h27-37,40-47,73H,17-26,59-60H2,1-16H3,(H,61,79)(H,62,75)(H,63,80)(H,64,74)(H,65,76)(H,66,77)(H,67,78)(H,68,82)(H,69,83)(H,70,81)(H,71,84)(H,86,87)/t35-,36-,37-,40-,41-,42-,43-,44-,45-,46-,47-/m0/s1. The molecule has 0 aromatic heterocycles. The Balaban J connectivity index is 3.19. The van der Waals surface area contributed by atoms with Crippen molar-refractivity contribution in [3.05, 3.63) is 0 Å². The molecule has 0 aliphatic carbocycles. The highest BCUT2D eigenvalue weighted by Gasteiger charge is 2.42. The smallest absolute Gasteiger partial charge is 0.326 e. The Morgan fingerprint density at radius 2 is 0.793 bits per heavy atom. The van der Waals surface area contributed by atoms with E-state index in [0.717, 1.165) is 0 Å². The van der Waals surface area contributed by atoms with E-state index in [-0.39, 0.29) is 38.4 Å². The molecule has 17 N–H and O–H groups in total. The summed E-state index contributed by atoms with van der Waals surface area (Å²) in [6, 6.07) is -13.5. The highest BCUT2D eigenvalue weighted by Crippen LogP contribution is 2.22. The Labute approximate surface area is 512 Å². The van der Waals surface area contributed by atoms with Gasteiger partial charge in [0.25, 0.3) is 0 Å². The number of unbranched alkanes of at least 4 members (excludes halogenated alkanes) is 1. The van der Waals surface area contributed by atoms with Gasteiger partial charge in [0.2, 0.25) is 70.9 Å². The molecule has 1 aliphatic heterocycles. The van der Waals surface area contributed by atoms with E-state index in [1.54, 1.807) is 111 Å². The molecule has 29 heteroatoms. The Morgan fingerprint density at radius 1 is 0.425 bits per heavy atom. The molecule has 87 heavy (non-hydrogen) atoms. The van der Waals surface area contributed by atoms with Crippen molar-refractivity contribution >= 4 is 76.9 Å². The minimum atomic E-state index is -1.66. The number of carboxylic acids is 1. The summed E-state index contributed by atoms with van der Waals surface area (Å²) < 4.78 is 0. The number of nitrogens with one attached hydrogen (secondary N) is 11. The summed E-state index contributed by atoms with van der Waals surface area (Å²) in [4.78, 5) is 176. The van der Waals surface area contributed by atoms with Crippen LogP contribution in [0.1, 0.15) is 143 Å². The van der Waals surface area contributed by atoms with Crippen molar-refractivity contribution in [1.82, 2.24) is 63.4 Å². The normalized spacial score (nSPS) is 16.8. The van der Waals surface area contributed by atoms with E-state index in [2.05, 4.69) is 58.5 Å². The molecule has 1 fully saturated rings. The molecular weight excluding hydrogens is 1130 g/mol. The molecule has 0 saturated carbocycles. The van der Waals surface area contributed by atoms with Crippen LogP contribution in [0.3, 0.4) is 0 Å². The second-order valence-corrected chi connectivity index (χ2v) is 25.0. The van der Waals surface area contributed by atoms with Crippen molar-refractivity contribution in [1.29, 1.82) is 0 Å². The van der Waals surface area contributed by atoms with Crippen molar-refractivity contribution in [3.63, 3.8) is 0 Å². The number of nitrogens with two attached hydrogens (primary N) is 2. The van der Waals surface area contributed by atoms with E-state index < -0.39 is 198 Å². The maximum absolute atomic E-state index is 14.1. The van der Waals surface area contributed by atoms with E-state index in [0.29, 0.717) is 19.3 Å². The van der Waals surface area contributed by atoms with Crippen LogP contribution in [0.5, 0.6) is 0 Å². The maximum Gasteiger partial charge on any atom is 0.326 e. The van der Waals surface area contributed by atoms with Gasteiger partial charge in [0.1, 0.15) is 66.5 Å². The Hall–Kier alpha value is -7.01. The maximum atomic E-state index is 14.1. The number of aliphatic carboxylic acids is 1. The SMILES string of the molecule is CC(C)[C@H](NC(=O)[C@@H](NC(=O)[C@H](CCCCN)NC(=O)CNC(=O)[C@@H](NC(=O)[C@@H](NC(=O)[C@H](CO)NC(=O)[C@@H](NC(=O)[C@@H](NC(=O)[C@@H]1CCCN1C(=O)[C@@H](NC(=O)[C@@H](NC(=O)CN)C(C)C)C(C)C)C(C)C)C(C)C)C(C)C)C(C)C)C(C)C)C(=O)O. The van der Waals surface area contributed by atoms with Gasteiger partial charge in [-0.15, -0.1) is 0 Å². The molecule has 0 unspecified atom stereocenters. The van der Waals surface area contributed by atoms with Gasteiger partial charge in [-0.2, -0.15) is 0 Å². The zero-order chi connectivity index (χ0) is 66.9. The van der Waals surface area contributed by atoms with Gasteiger partial charge >= 0.3 is 5.97 Å². The molecule has 11 atom stereocenters. The lowest BCUT2D eigenvalue weighted by Crippen LogP contribution is -2.62. The minimum absolute atomic E-state index is 0.0987. The second kappa shape index (κ2) is 37.6.